The largest absolute Gasteiger partial charge is 0.383 e. The molecule has 0 fully saturated rings. The van der Waals surface area contributed by atoms with Crippen LogP contribution in [0.3, 0.4) is 0 Å². The smallest absolute Gasteiger partial charge is 0.135 e. The van der Waals surface area contributed by atoms with Gasteiger partial charge in [-0.1, -0.05) is 11.6 Å². The molecule has 1 rings (SSSR count). The van der Waals surface area contributed by atoms with Gasteiger partial charge in [-0.3, -0.25) is 4.99 Å². The number of nitrogens with two attached hydrogens (primary N) is 1. The molecule has 60 valence electrons. The molecule has 0 aliphatic heterocycles. The minimum absolute atomic E-state index is 0.574. The van der Waals surface area contributed by atoms with E-state index in [1.807, 2.05) is 19.1 Å². The van der Waals surface area contributed by atoms with Crippen molar-refractivity contribution in [2.24, 2.45) is 10.7 Å². The van der Waals surface area contributed by atoms with Crippen molar-refractivity contribution in [3.63, 3.8) is 0 Å². The van der Waals surface area contributed by atoms with Crippen LogP contribution >= 0.6 is 22.9 Å². The van der Waals surface area contributed by atoms with E-state index in [-0.39, 0.29) is 0 Å². The minimum Gasteiger partial charge on any atom is -0.383 e. The van der Waals surface area contributed by atoms with Crippen molar-refractivity contribution in [2.45, 2.75) is 6.92 Å². The van der Waals surface area contributed by atoms with E-state index in [9.17, 15) is 0 Å². The van der Waals surface area contributed by atoms with Crippen LogP contribution < -0.4 is 5.73 Å². The van der Waals surface area contributed by atoms with Crippen LogP contribution in [0, 0.1) is 0 Å². The number of hydrogen-bond donors (Lipinski definition) is 1. The first-order valence-electron chi connectivity index (χ1n) is 3.29. The number of halogens is 1. The van der Waals surface area contributed by atoms with Crippen LogP contribution in [0.5, 0.6) is 0 Å². The van der Waals surface area contributed by atoms with Crippen molar-refractivity contribution >= 4 is 28.8 Å². The Balaban J connectivity index is 2.84. The highest BCUT2D eigenvalue weighted by atomic mass is 35.5. The van der Waals surface area contributed by atoms with Crippen molar-refractivity contribution in [3.05, 3.63) is 21.3 Å². The van der Waals surface area contributed by atoms with Gasteiger partial charge in [0.25, 0.3) is 0 Å². The normalized spacial score (nSPS) is 12.0. The predicted octanol–water partition coefficient (Wildman–Crippen LogP) is 2.13. The third-order valence-corrected chi connectivity index (χ3v) is 2.41. The van der Waals surface area contributed by atoms with Crippen LogP contribution in [-0.4, -0.2) is 12.4 Å². The molecule has 0 saturated heterocycles. The molecule has 0 atom stereocenters. The fourth-order valence-corrected chi connectivity index (χ4v) is 1.66. The van der Waals surface area contributed by atoms with Crippen LogP contribution in [0.25, 0.3) is 0 Å². The van der Waals surface area contributed by atoms with E-state index < -0.39 is 0 Å². The Morgan fingerprint density at radius 2 is 2.45 bits per heavy atom. The molecular weight excluding hydrogens is 180 g/mol. The number of amidine groups is 1. The zero-order chi connectivity index (χ0) is 8.27. The minimum atomic E-state index is 0.574. The van der Waals surface area contributed by atoms with E-state index in [0.717, 1.165) is 9.21 Å². The van der Waals surface area contributed by atoms with E-state index in [0.29, 0.717) is 12.4 Å². The summed E-state index contributed by atoms with van der Waals surface area (Å²) in [4.78, 5) is 5.00. The van der Waals surface area contributed by atoms with Crippen molar-refractivity contribution in [1.29, 1.82) is 0 Å². The van der Waals surface area contributed by atoms with Crippen molar-refractivity contribution in [3.8, 4) is 0 Å². The van der Waals surface area contributed by atoms with Gasteiger partial charge in [-0.2, -0.15) is 0 Å². The van der Waals surface area contributed by atoms with E-state index in [1.54, 1.807) is 0 Å². The maximum Gasteiger partial charge on any atom is 0.135 e. The van der Waals surface area contributed by atoms with Gasteiger partial charge in [-0.05, 0) is 19.1 Å². The zero-order valence-corrected chi connectivity index (χ0v) is 7.75. The van der Waals surface area contributed by atoms with Crippen molar-refractivity contribution in [1.82, 2.24) is 0 Å². The van der Waals surface area contributed by atoms with Gasteiger partial charge in [0, 0.05) is 6.54 Å². The highest BCUT2D eigenvalue weighted by Gasteiger charge is 2.00. The molecule has 0 aliphatic rings. The second kappa shape index (κ2) is 3.74. The molecule has 0 saturated carbocycles. The van der Waals surface area contributed by atoms with Gasteiger partial charge in [0.1, 0.15) is 5.84 Å². The molecule has 0 bridgehead atoms. The average Bonchev–Trinajstić information content (AvgIpc) is 2.36. The summed E-state index contributed by atoms with van der Waals surface area (Å²) in [7, 11) is 0. The summed E-state index contributed by atoms with van der Waals surface area (Å²) in [6, 6.07) is 3.70. The standard InChI is InChI=1S/C7H9ClN2S/c1-2-10-7(9)5-3-4-6(8)11-5/h3-4H,2H2,1H3,(H2,9,10). The van der Waals surface area contributed by atoms with Crippen molar-refractivity contribution in [2.75, 3.05) is 6.54 Å². The topological polar surface area (TPSA) is 38.4 Å². The van der Waals surface area contributed by atoms with Gasteiger partial charge in [0.2, 0.25) is 0 Å². The lowest BCUT2D eigenvalue weighted by atomic mass is 10.4. The summed E-state index contributed by atoms with van der Waals surface area (Å²) in [5.74, 6) is 0.574. The summed E-state index contributed by atoms with van der Waals surface area (Å²) in [5, 5.41) is 0. The molecular formula is C7H9ClN2S. The van der Waals surface area contributed by atoms with Crippen molar-refractivity contribution < 1.29 is 0 Å². The van der Waals surface area contributed by atoms with Gasteiger partial charge < -0.3 is 5.73 Å². The van der Waals surface area contributed by atoms with Gasteiger partial charge in [0.15, 0.2) is 0 Å². The van der Waals surface area contributed by atoms with Crippen LogP contribution in [-0.2, 0) is 0 Å². The number of hydrogen-bond acceptors (Lipinski definition) is 2. The van der Waals surface area contributed by atoms with E-state index in [1.165, 1.54) is 11.3 Å². The Hall–Kier alpha value is -0.540. The van der Waals surface area contributed by atoms with Crippen LogP contribution in [0.4, 0.5) is 0 Å². The Bertz CT molecular complexity index is 267. The number of aliphatic imine (C=N–C) groups is 1. The zero-order valence-electron chi connectivity index (χ0n) is 6.17. The first kappa shape index (κ1) is 8.56. The molecule has 0 amide bonds. The first-order chi connectivity index (χ1) is 5.24. The lowest BCUT2D eigenvalue weighted by molar-refractivity contribution is 1.12. The first-order valence-corrected chi connectivity index (χ1v) is 4.49. The molecule has 0 unspecified atom stereocenters. The molecule has 0 spiro atoms. The third kappa shape index (κ3) is 2.20. The SMILES string of the molecule is CCN=C(N)c1ccc(Cl)s1. The highest BCUT2D eigenvalue weighted by Crippen LogP contribution is 2.20. The molecule has 1 heterocycles. The summed E-state index contributed by atoms with van der Waals surface area (Å²) >= 11 is 7.16. The Morgan fingerprint density at radius 1 is 1.73 bits per heavy atom. The molecule has 1 aromatic heterocycles. The quantitative estimate of drug-likeness (QED) is 0.561. The van der Waals surface area contributed by atoms with Gasteiger partial charge in [-0.25, -0.2) is 0 Å². The molecule has 2 nitrogen and oxygen atoms in total. The second-order valence-electron chi connectivity index (χ2n) is 1.96. The second-order valence-corrected chi connectivity index (χ2v) is 3.68. The molecule has 2 N–H and O–H groups in total. The molecule has 0 aromatic carbocycles. The molecule has 11 heavy (non-hydrogen) atoms. The Morgan fingerprint density at radius 3 is 2.91 bits per heavy atom. The van der Waals surface area contributed by atoms with Gasteiger partial charge in [0.05, 0.1) is 9.21 Å². The third-order valence-electron chi connectivity index (χ3n) is 1.15. The fraction of sp³-hybridized carbons (Fsp3) is 0.286. The summed E-state index contributed by atoms with van der Waals surface area (Å²) in [6.45, 7) is 2.66. The highest BCUT2D eigenvalue weighted by molar-refractivity contribution is 7.18. The monoisotopic (exact) mass is 188 g/mol. The van der Waals surface area contributed by atoms with Gasteiger partial charge >= 0.3 is 0 Å². The number of thiophene rings is 1. The molecule has 0 aliphatic carbocycles. The molecule has 1 aromatic rings. The summed E-state index contributed by atoms with van der Waals surface area (Å²) in [6.07, 6.45) is 0. The Kier molecular flexibility index (Phi) is 2.91. The molecule has 4 heteroatoms. The van der Waals surface area contributed by atoms with E-state index >= 15 is 0 Å². The summed E-state index contributed by atoms with van der Waals surface area (Å²) in [5.41, 5.74) is 5.62. The van der Waals surface area contributed by atoms with Crippen LogP contribution in [0.2, 0.25) is 4.34 Å². The van der Waals surface area contributed by atoms with Crippen LogP contribution in [0.15, 0.2) is 17.1 Å². The molecule has 0 radical (unpaired) electrons. The maximum atomic E-state index is 5.71. The number of rotatable bonds is 2. The average molecular weight is 189 g/mol. The predicted molar refractivity (Wildman–Crippen MR) is 50.6 cm³/mol. The van der Waals surface area contributed by atoms with E-state index in [4.69, 9.17) is 17.3 Å². The van der Waals surface area contributed by atoms with Crippen LogP contribution in [0.1, 0.15) is 11.8 Å². The fourth-order valence-electron chi connectivity index (χ4n) is 0.700. The summed E-state index contributed by atoms with van der Waals surface area (Å²) < 4.78 is 0.745. The van der Waals surface area contributed by atoms with Gasteiger partial charge in [-0.15, -0.1) is 11.3 Å². The lowest BCUT2D eigenvalue weighted by Gasteiger charge is -1.92. The lowest BCUT2D eigenvalue weighted by Crippen LogP contribution is -2.11. The maximum absolute atomic E-state index is 5.71. The number of nitrogens with zero attached hydrogens (tertiary/aromatic N) is 1. The van der Waals surface area contributed by atoms with E-state index in [2.05, 4.69) is 4.99 Å². The Labute approximate surface area is 74.7 Å².